The number of nitrogens with zero attached hydrogens (tertiary/aromatic N) is 1. The van der Waals surface area contributed by atoms with Crippen molar-refractivity contribution in [1.29, 1.82) is 0 Å². The summed E-state index contributed by atoms with van der Waals surface area (Å²) in [7, 11) is 3.13. The maximum absolute atomic E-state index is 12.1. The van der Waals surface area contributed by atoms with Gasteiger partial charge in [0.05, 0.1) is 19.2 Å². The molecule has 6 nitrogen and oxygen atoms in total. The first-order valence-electron chi connectivity index (χ1n) is 7.41. The molecule has 1 aromatic heterocycles. The zero-order chi connectivity index (χ0) is 18.7. The zero-order valence-corrected chi connectivity index (χ0v) is 16.2. The van der Waals surface area contributed by atoms with Gasteiger partial charge in [-0.1, -0.05) is 34.5 Å². The Kier molecular flexibility index (Phi) is 5.70. The number of methoxy groups -OCH3 is 2. The minimum absolute atomic E-state index is 0.217. The first-order valence-corrected chi connectivity index (χ1v) is 8.98. The van der Waals surface area contributed by atoms with Crippen LogP contribution in [0, 0.1) is 0 Å². The van der Waals surface area contributed by atoms with Gasteiger partial charge in [0, 0.05) is 5.02 Å². The average Bonchev–Trinajstić information content (AvgIpc) is 3.03. The first-order chi connectivity index (χ1) is 12.5. The Labute approximate surface area is 163 Å². The molecule has 26 heavy (non-hydrogen) atoms. The number of halogens is 2. The molecule has 1 amide bonds. The molecule has 0 unspecified atom stereocenters. The molecule has 0 aliphatic carbocycles. The molecule has 3 aromatic rings. The predicted molar refractivity (Wildman–Crippen MR) is 103 cm³/mol. The number of anilines is 1. The lowest BCUT2D eigenvalue weighted by Crippen LogP contribution is -2.20. The number of thiazole rings is 1. The summed E-state index contributed by atoms with van der Waals surface area (Å²) in [5.74, 6) is 1.26. The Morgan fingerprint density at radius 2 is 1.81 bits per heavy atom. The molecule has 3 rings (SSSR count). The van der Waals surface area contributed by atoms with Gasteiger partial charge in [-0.15, -0.1) is 0 Å². The van der Waals surface area contributed by atoms with Crippen LogP contribution in [0.2, 0.25) is 10.0 Å². The Morgan fingerprint density at radius 1 is 1.12 bits per heavy atom. The predicted octanol–water partition coefficient (Wildman–Crippen LogP) is 4.64. The highest BCUT2D eigenvalue weighted by Crippen LogP contribution is 2.38. The Bertz CT molecular complexity index is 920. The van der Waals surface area contributed by atoms with Crippen LogP contribution in [-0.2, 0) is 4.79 Å². The number of fused-ring (bicyclic) bond motifs is 1. The second-order valence-corrected chi connectivity index (χ2v) is 6.92. The van der Waals surface area contributed by atoms with Crippen LogP contribution >= 0.6 is 34.5 Å². The number of nitrogens with one attached hydrogen (secondary N) is 1. The lowest BCUT2D eigenvalue weighted by atomic mass is 10.3. The molecule has 0 spiro atoms. The van der Waals surface area contributed by atoms with E-state index in [-0.39, 0.29) is 12.5 Å². The van der Waals surface area contributed by atoms with Gasteiger partial charge in [-0.25, -0.2) is 4.98 Å². The molecule has 0 bridgehead atoms. The van der Waals surface area contributed by atoms with E-state index in [0.717, 1.165) is 4.70 Å². The van der Waals surface area contributed by atoms with E-state index in [4.69, 9.17) is 37.4 Å². The summed E-state index contributed by atoms with van der Waals surface area (Å²) in [5.41, 5.74) is 0.619. The largest absolute Gasteiger partial charge is 0.495 e. The van der Waals surface area contributed by atoms with Gasteiger partial charge in [0.25, 0.3) is 5.91 Å². The van der Waals surface area contributed by atoms with Gasteiger partial charge in [-0.2, -0.15) is 0 Å². The molecule has 0 aliphatic heterocycles. The molecule has 136 valence electrons. The average molecular weight is 413 g/mol. The highest BCUT2D eigenvalue weighted by molar-refractivity contribution is 7.22. The molecule has 0 saturated heterocycles. The summed E-state index contributed by atoms with van der Waals surface area (Å²) in [6.45, 7) is -0.217. The normalized spacial score (nSPS) is 10.6. The lowest BCUT2D eigenvalue weighted by Gasteiger charge is -2.07. The molecule has 2 aromatic carbocycles. The van der Waals surface area contributed by atoms with Crippen LogP contribution in [0.1, 0.15) is 0 Å². The van der Waals surface area contributed by atoms with E-state index in [0.29, 0.717) is 37.9 Å². The van der Waals surface area contributed by atoms with Crippen molar-refractivity contribution < 1.29 is 19.0 Å². The number of amides is 1. The van der Waals surface area contributed by atoms with Crippen molar-refractivity contribution in [3.8, 4) is 17.2 Å². The third-order valence-corrected chi connectivity index (χ3v) is 4.93. The number of hydrogen-bond acceptors (Lipinski definition) is 6. The summed E-state index contributed by atoms with van der Waals surface area (Å²) in [5, 5.41) is 3.94. The highest BCUT2D eigenvalue weighted by atomic mass is 35.5. The molecule has 1 N–H and O–H groups in total. The summed E-state index contributed by atoms with van der Waals surface area (Å²) in [4.78, 5) is 16.5. The van der Waals surface area contributed by atoms with Crippen molar-refractivity contribution >= 4 is 55.8 Å². The molecule has 0 saturated carbocycles. The molecular weight excluding hydrogens is 399 g/mol. The van der Waals surface area contributed by atoms with E-state index in [1.807, 2.05) is 0 Å². The molecule has 0 fully saturated rings. The second-order valence-electron chi connectivity index (χ2n) is 5.08. The standard InChI is InChI=1S/C17H14Cl2N2O4S/c1-23-12-5-6-13(24-2)16-15(12)21-17(26-16)20-14(22)8-25-11-4-3-9(18)7-10(11)19/h3-7H,8H2,1-2H3,(H,20,21,22). The Morgan fingerprint density at radius 3 is 2.50 bits per heavy atom. The minimum atomic E-state index is -0.368. The van der Waals surface area contributed by atoms with Gasteiger partial charge >= 0.3 is 0 Å². The first kappa shape index (κ1) is 18.6. The second kappa shape index (κ2) is 7.99. The Balaban J connectivity index is 1.73. The fourth-order valence-electron chi connectivity index (χ4n) is 2.23. The van der Waals surface area contributed by atoms with E-state index in [9.17, 15) is 4.79 Å². The third-order valence-electron chi connectivity index (χ3n) is 3.41. The Hall–Kier alpha value is -2.22. The van der Waals surface area contributed by atoms with Crippen LogP contribution in [0.3, 0.4) is 0 Å². The quantitative estimate of drug-likeness (QED) is 0.638. The van der Waals surface area contributed by atoms with E-state index in [1.54, 1.807) is 44.6 Å². The van der Waals surface area contributed by atoms with Gasteiger partial charge in [0.2, 0.25) is 0 Å². The number of ether oxygens (including phenoxy) is 3. The molecule has 0 atom stereocenters. The molecule has 0 radical (unpaired) electrons. The van der Waals surface area contributed by atoms with Crippen LogP contribution in [0.5, 0.6) is 17.2 Å². The SMILES string of the molecule is COc1ccc(OC)c2sc(NC(=O)COc3ccc(Cl)cc3Cl)nc12. The van der Waals surface area contributed by atoms with E-state index in [1.165, 1.54) is 11.3 Å². The number of aromatic nitrogens is 1. The van der Waals surface area contributed by atoms with Crippen molar-refractivity contribution in [3.63, 3.8) is 0 Å². The number of carbonyl (C=O) groups excluding carboxylic acids is 1. The van der Waals surface area contributed by atoms with Gasteiger partial charge in [-0.3, -0.25) is 10.1 Å². The number of benzene rings is 2. The maximum atomic E-state index is 12.1. The topological polar surface area (TPSA) is 69.7 Å². The summed E-state index contributed by atoms with van der Waals surface area (Å²) in [6, 6.07) is 8.33. The van der Waals surface area contributed by atoms with Gasteiger partial charge in [-0.05, 0) is 30.3 Å². The highest BCUT2D eigenvalue weighted by Gasteiger charge is 2.15. The third kappa shape index (κ3) is 3.95. The van der Waals surface area contributed by atoms with Crippen LogP contribution in [0.15, 0.2) is 30.3 Å². The summed E-state index contributed by atoms with van der Waals surface area (Å²) >= 11 is 13.1. The van der Waals surface area contributed by atoms with Gasteiger partial charge < -0.3 is 14.2 Å². The zero-order valence-electron chi connectivity index (χ0n) is 13.8. The van der Waals surface area contributed by atoms with Crippen LogP contribution in [-0.4, -0.2) is 31.7 Å². The summed E-state index contributed by atoms with van der Waals surface area (Å²) in [6.07, 6.45) is 0. The van der Waals surface area contributed by atoms with E-state index in [2.05, 4.69) is 10.3 Å². The van der Waals surface area contributed by atoms with Crippen LogP contribution in [0.25, 0.3) is 10.2 Å². The smallest absolute Gasteiger partial charge is 0.264 e. The molecular formula is C17H14Cl2N2O4S. The van der Waals surface area contributed by atoms with Crippen LogP contribution < -0.4 is 19.5 Å². The lowest BCUT2D eigenvalue weighted by molar-refractivity contribution is -0.118. The van der Waals surface area contributed by atoms with Crippen molar-refractivity contribution in [2.24, 2.45) is 0 Å². The number of carbonyl (C=O) groups is 1. The molecule has 1 heterocycles. The number of rotatable bonds is 6. The van der Waals surface area contributed by atoms with E-state index < -0.39 is 0 Å². The fraction of sp³-hybridized carbons (Fsp3) is 0.176. The van der Waals surface area contributed by atoms with Crippen molar-refractivity contribution in [3.05, 3.63) is 40.4 Å². The maximum Gasteiger partial charge on any atom is 0.264 e. The molecule has 9 heteroatoms. The van der Waals surface area contributed by atoms with Crippen LogP contribution in [0.4, 0.5) is 5.13 Å². The number of hydrogen-bond donors (Lipinski definition) is 1. The van der Waals surface area contributed by atoms with E-state index >= 15 is 0 Å². The van der Waals surface area contributed by atoms with Gasteiger partial charge in [0.15, 0.2) is 11.7 Å². The fourth-order valence-corrected chi connectivity index (χ4v) is 3.68. The molecule has 0 aliphatic rings. The summed E-state index contributed by atoms with van der Waals surface area (Å²) < 4.78 is 16.8. The van der Waals surface area contributed by atoms with Gasteiger partial charge in [0.1, 0.15) is 27.5 Å². The van der Waals surface area contributed by atoms with Crippen molar-refractivity contribution in [2.75, 3.05) is 26.1 Å². The van der Waals surface area contributed by atoms with Crippen molar-refractivity contribution in [1.82, 2.24) is 4.98 Å². The monoisotopic (exact) mass is 412 g/mol. The van der Waals surface area contributed by atoms with Crippen molar-refractivity contribution in [2.45, 2.75) is 0 Å². The minimum Gasteiger partial charge on any atom is -0.495 e.